The molecule has 1 aliphatic carbocycles. The maximum atomic E-state index is 6.30. The predicted octanol–water partition coefficient (Wildman–Crippen LogP) is 1.95. The van der Waals surface area contributed by atoms with E-state index < -0.39 is 0 Å². The van der Waals surface area contributed by atoms with Crippen LogP contribution in [0.3, 0.4) is 0 Å². The maximum absolute atomic E-state index is 6.30. The molecular formula is C13H16N4O. The van der Waals surface area contributed by atoms with Gasteiger partial charge in [0.05, 0.1) is 0 Å². The van der Waals surface area contributed by atoms with Gasteiger partial charge in [0, 0.05) is 29.9 Å². The summed E-state index contributed by atoms with van der Waals surface area (Å²) in [5.41, 5.74) is 7.06. The smallest absolute Gasteiger partial charge is 0.228 e. The third kappa shape index (κ3) is 2.26. The summed E-state index contributed by atoms with van der Waals surface area (Å²) in [5, 5.41) is 3.99. The third-order valence-electron chi connectivity index (χ3n) is 3.51. The number of aromatic nitrogens is 3. The number of nitrogens with two attached hydrogens (primary N) is 1. The van der Waals surface area contributed by atoms with Crippen molar-refractivity contribution in [3.05, 3.63) is 30.4 Å². The summed E-state index contributed by atoms with van der Waals surface area (Å²) in [6.45, 7) is 0. The molecule has 0 amide bonds. The van der Waals surface area contributed by atoms with Crippen molar-refractivity contribution >= 4 is 0 Å². The highest BCUT2D eigenvalue weighted by molar-refractivity contribution is 5.52. The summed E-state index contributed by atoms with van der Waals surface area (Å²) < 4.78 is 5.28. The normalized spacial score (nSPS) is 18.1. The van der Waals surface area contributed by atoms with Gasteiger partial charge in [0.2, 0.25) is 11.7 Å². The fraction of sp³-hybridized carbons (Fsp3) is 0.462. The molecule has 2 aromatic heterocycles. The number of nitrogens with zero attached hydrogens (tertiary/aromatic N) is 3. The largest absolute Gasteiger partial charge is 0.339 e. The summed E-state index contributed by atoms with van der Waals surface area (Å²) in [4.78, 5) is 8.37. The van der Waals surface area contributed by atoms with Crippen LogP contribution < -0.4 is 5.73 Å². The molecular weight excluding hydrogens is 228 g/mol. The molecule has 0 aromatic carbocycles. The van der Waals surface area contributed by atoms with Gasteiger partial charge in [0.1, 0.15) is 0 Å². The van der Waals surface area contributed by atoms with E-state index in [1.807, 2.05) is 12.1 Å². The number of pyridine rings is 1. The van der Waals surface area contributed by atoms with Crippen molar-refractivity contribution in [2.75, 3.05) is 0 Å². The van der Waals surface area contributed by atoms with Crippen LogP contribution in [0.5, 0.6) is 0 Å². The minimum Gasteiger partial charge on any atom is -0.339 e. The highest BCUT2D eigenvalue weighted by Crippen LogP contribution is 2.30. The number of hydrogen-bond donors (Lipinski definition) is 1. The summed E-state index contributed by atoms with van der Waals surface area (Å²) in [6, 6.07) is 3.73. The van der Waals surface area contributed by atoms with E-state index in [2.05, 4.69) is 15.1 Å². The van der Waals surface area contributed by atoms with Crippen LogP contribution in [-0.2, 0) is 6.42 Å². The minimum atomic E-state index is -0.151. The van der Waals surface area contributed by atoms with E-state index in [4.69, 9.17) is 10.3 Å². The lowest BCUT2D eigenvalue weighted by molar-refractivity contribution is 0.329. The van der Waals surface area contributed by atoms with Crippen molar-refractivity contribution in [1.82, 2.24) is 15.1 Å². The molecule has 0 bridgehead atoms. The van der Waals surface area contributed by atoms with Crippen molar-refractivity contribution < 1.29 is 4.52 Å². The van der Waals surface area contributed by atoms with Gasteiger partial charge < -0.3 is 10.3 Å². The van der Waals surface area contributed by atoms with Gasteiger partial charge in [-0.1, -0.05) is 18.0 Å². The van der Waals surface area contributed by atoms with Crippen LogP contribution >= 0.6 is 0 Å². The van der Waals surface area contributed by atoms with Crippen LogP contribution in [0.15, 0.2) is 29.0 Å². The van der Waals surface area contributed by atoms with E-state index in [0.717, 1.165) is 18.4 Å². The quantitative estimate of drug-likeness (QED) is 0.892. The Kier molecular flexibility index (Phi) is 2.83. The third-order valence-corrected chi connectivity index (χ3v) is 3.51. The Bertz CT molecular complexity index is 517. The minimum absolute atomic E-state index is 0.151. The second kappa shape index (κ2) is 4.49. The van der Waals surface area contributed by atoms with Crippen molar-refractivity contribution in [1.29, 1.82) is 0 Å². The Morgan fingerprint density at radius 1 is 1.22 bits per heavy atom. The molecule has 18 heavy (non-hydrogen) atoms. The lowest BCUT2D eigenvalue weighted by Gasteiger charge is -2.20. The van der Waals surface area contributed by atoms with Crippen molar-refractivity contribution in [2.45, 2.75) is 37.6 Å². The Morgan fingerprint density at radius 2 is 1.94 bits per heavy atom. The summed E-state index contributed by atoms with van der Waals surface area (Å²) in [7, 11) is 0. The molecule has 94 valence electrons. The molecule has 2 heterocycles. The van der Waals surface area contributed by atoms with E-state index in [1.165, 1.54) is 12.8 Å². The van der Waals surface area contributed by atoms with Crippen LogP contribution in [-0.4, -0.2) is 20.7 Å². The molecule has 5 heteroatoms. The lowest BCUT2D eigenvalue weighted by atomic mass is 9.95. The first-order valence-corrected chi connectivity index (χ1v) is 6.27. The van der Waals surface area contributed by atoms with Gasteiger partial charge in [-0.2, -0.15) is 4.98 Å². The number of hydrogen-bond acceptors (Lipinski definition) is 5. The highest BCUT2D eigenvalue weighted by Gasteiger charge is 2.31. The summed E-state index contributed by atoms with van der Waals surface area (Å²) >= 11 is 0. The van der Waals surface area contributed by atoms with Gasteiger partial charge in [-0.3, -0.25) is 4.98 Å². The Labute approximate surface area is 105 Å². The van der Waals surface area contributed by atoms with Crippen molar-refractivity contribution in [2.24, 2.45) is 5.73 Å². The Balaban J connectivity index is 1.78. The molecule has 0 unspecified atom stereocenters. The van der Waals surface area contributed by atoms with Crippen LogP contribution in [0.1, 0.15) is 31.6 Å². The van der Waals surface area contributed by atoms with E-state index >= 15 is 0 Å². The van der Waals surface area contributed by atoms with Crippen LogP contribution in [0.25, 0.3) is 11.4 Å². The second-order valence-electron chi connectivity index (χ2n) is 4.99. The van der Waals surface area contributed by atoms with Gasteiger partial charge in [0.25, 0.3) is 0 Å². The monoisotopic (exact) mass is 244 g/mol. The fourth-order valence-corrected chi connectivity index (χ4v) is 2.50. The molecule has 2 N–H and O–H groups in total. The molecule has 5 nitrogen and oxygen atoms in total. The van der Waals surface area contributed by atoms with Gasteiger partial charge >= 0.3 is 0 Å². The average Bonchev–Trinajstić information content (AvgIpc) is 3.00. The van der Waals surface area contributed by atoms with Crippen LogP contribution in [0, 0.1) is 0 Å². The van der Waals surface area contributed by atoms with Gasteiger partial charge in [0.15, 0.2) is 0 Å². The van der Waals surface area contributed by atoms with Crippen LogP contribution in [0.4, 0.5) is 0 Å². The van der Waals surface area contributed by atoms with Crippen LogP contribution in [0.2, 0.25) is 0 Å². The SMILES string of the molecule is NC1(Cc2nc(-c3ccncc3)no2)CCCC1. The number of rotatable bonds is 3. The Morgan fingerprint density at radius 3 is 2.67 bits per heavy atom. The maximum Gasteiger partial charge on any atom is 0.228 e. The van der Waals surface area contributed by atoms with Gasteiger partial charge in [-0.15, -0.1) is 0 Å². The molecule has 0 spiro atoms. The summed E-state index contributed by atoms with van der Waals surface area (Å²) in [5.74, 6) is 1.24. The predicted molar refractivity (Wildman–Crippen MR) is 66.6 cm³/mol. The van der Waals surface area contributed by atoms with E-state index in [0.29, 0.717) is 18.1 Å². The summed E-state index contributed by atoms with van der Waals surface area (Å²) in [6.07, 6.45) is 8.58. The molecule has 0 atom stereocenters. The highest BCUT2D eigenvalue weighted by atomic mass is 16.5. The molecule has 0 aliphatic heterocycles. The van der Waals surface area contributed by atoms with Crippen molar-refractivity contribution in [3.8, 4) is 11.4 Å². The molecule has 2 aromatic rings. The molecule has 1 fully saturated rings. The van der Waals surface area contributed by atoms with E-state index in [1.54, 1.807) is 12.4 Å². The second-order valence-corrected chi connectivity index (χ2v) is 4.99. The Hall–Kier alpha value is -1.75. The van der Waals surface area contributed by atoms with Gasteiger partial charge in [-0.25, -0.2) is 0 Å². The fourth-order valence-electron chi connectivity index (χ4n) is 2.50. The van der Waals surface area contributed by atoms with Crippen molar-refractivity contribution in [3.63, 3.8) is 0 Å². The molecule has 1 aliphatic rings. The molecule has 1 saturated carbocycles. The van der Waals surface area contributed by atoms with E-state index in [-0.39, 0.29) is 5.54 Å². The first kappa shape index (κ1) is 11.3. The molecule has 0 saturated heterocycles. The average molecular weight is 244 g/mol. The molecule has 0 radical (unpaired) electrons. The topological polar surface area (TPSA) is 77.8 Å². The first-order chi connectivity index (χ1) is 8.75. The van der Waals surface area contributed by atoms with E-state index in [9.17, 15) is 0 Å². The zero-order valence-corrected chi connectivity index (χ0v) is 10.2. The van der Waals surface area contributed by atoms with Gasteiger partial charge in [-0.05, 0) is 25.0 Å². The standard InChI is InChI=1S/C13H16N4O/c14-13(5-1-2-6-13)9-11-16-12(17-18-11)10-3-7-15-8-4-10/h3-4,7-8H,1-2,5-6,9,14H2. The molecule has 3 rings (SSSR count). The zero-order chi connectivity index (χ0) is 12.4. The zero-order valence-electron chi connectivity index (χ0n) is 10.2. The first-order valence-electron chi connectivity index (χ1n) is 6.27. The lowest BCUT2D eigenvalue weighted by Crippen LogP contribution is -2.38.